The average molecular weight is 706 g/mol. The minimum atomic E-state index is -4.00. The van der Waals surface area contributed by atoms with Crippen LogP contribution in [0.4, 0.5) is 5.82 Å². The molecule has 1 aromatic carbocycles. The second kappa shape index (κ2) is 15.8. The van der Waals surface area contributed by atoms with Crippen molar-refractivity contribution in [2.45, 2.75) is 49.2 Å². The molecule has 0 radical (unpaired) electrons. The van der Waals surface area contributed by atoms with Crippen LogP contribution in [0.2, 0.25) is 5.02 Å². The molecule has 0 spiro atoms. The number of hydrogen-bond acceptors (Lipinski definition) is 10. The van der Waals surface area contributed by atoms with Crippen LogP contribution in [-0.4, -0.2) is 96.1 Å². The van der Waals surface area contributed by atoms with Gasteiger partial charge in [0.15, 0.2) is 5.01 Å². The molecule has 0 bridgehead atoms. The van der Waals surface area contributed by atoms with Gasteiger partial charge < -0.3 is 25.8 Å². The van der Waals surface area contributed by atoms with Crippen molar-refractivity contribution in [2.24, 2.45) is 5.92 Å². The highest BCUT2D eigenvalue weighted by molar-refractivity contribution is 7.85. The number of amides is 4. The van der Waals surface area contributed by atoms with Crippen LogP contribution in [0.25, 0.3) is 0 Å². The van der Waals surface area contributed by atoms with E-state index >= 15 is 0 Å². The maximum atomic E-state index is 13.2. The third-order valence-electron chi connectivity index (χ3n) is 7.61. The highest BCUT2D eigenvalue weighted by Crippen LogP contribution is 2.28. The number of anilines is 1. The molecule has 0 unspecified atom stereocenters. The zero-order valence-electron chi connectivity index (χ0n) is 26.0. The molecule has 2 aromatic heterocycles. The van der Waals surface area contributed by atoms with Crippen LogP contribution in [0.1, 0.15) is 39.6 Å². The van der Waals surface area contributed by atoms with Gasteiger partial charge in [-0.3, -0.25) is 23.7 Å². The summed E-state index contributed by atoms with van der Waals surface area (Å²) in [5.41, 5.74) is 0.940. The minimum absolute atomic E-state index is 0.0386. The summed E-state index contributed by atoms with van der Waals surface area (Å²) in [5, 5.41) is 8.91. The number of aromatic nitrogens is 2. The fourth-order valence-corrected chi connectivity index (χ4v) is 6.90. The molecule has 3 atom stereocenters. The van der Waals surface area contributed by atoms with E-state index in [9.17, 15) is 27.6 Å². The van der Waals surface area contributed by atoms with Gasteiger partial charge in [-0.2, -0.15) is 8.42 Å². The summed E-state index contributed by atoms with van der Waals surface area (Å²) in [7, 11) is 1.40. The van der Waals surface area contributed by atoms with Crippen LogP contribution in [-0.2, 0) is 37.5 Å². The number of halogens is 1. The van der Waals surface area contributed by atoms with Crippen molar-refractivity contribution in [1.29, 1.82) is 0 Å². The molecule has 2 aliphatic rings. The summed E-state index contributed by atoms with van der Waals surface area (Å²) < 4.78 is 29.2. The molecule has 5 rings (SSSR count). The predicted molar refractivity (Wildman–Crippen MR) is 176 cm³/mol. The molecule has 4 amide bonds. The third-order valence-corrected chi connectivity index (χ3v) is 9.78. The first-order valence-corrected chi connectivity index (χ1v) is 17.3. The van der Waals surface area contributed by atoms with Gasteiger partial charge in [0, 0.05) is 56.6 Å². The minimum Gasteiger partial charge on any atom is -0.349 e. The molecule has 3 aromatic rings. The first-order valence-electron chi connectivity index (χ1n) is 14.7. The van der Waals surface area contributed by atoms with E-state index in [0.717, 1.165) is 30.1 Å². The Hall–Kier alpha value is -3.96. The summed E-state index contributed by atoms with van der Waals surface area (Å²) in [6, 6.07) is 9.37. The number of hydrogen-bond donors (Lipinski definition) is 4. The number of thiazole rings is 1. The Morgan fingerprint density at radius 2 is 1.74 bits per heavy atom. The van der Waals surface area contributed by atoms with Gasteiger partial charge in [-0.1, -0.05) is 29.8 Å². The van der Waals surface area contributed by atoms with Crippen LogP contribution < -0.4 is 16.0 Å². The van der Waals surface area contributed by atoms with E-state index in [-0.39, 0.29) is 28.4 Å². The second-order valence-corrected chi connectivity index (χ2v) is 14.3. The van der Waals surface area contributed by atoms with Gasteiger partial charge in [-0.25, -0.2) is 9.97 Å². The van der Waals surface area contributed by atoms with E-state index in [0.29, 0.717) is 29.3 Å². The van der Waals surface area contributed by atoms with Gasteiger partial charge in [0.05, 0.1) is 21.7 Å². The molecule has 1 fully saturated rings. The molecule has 47 heavy (non-hydrogen) atoms. The zero-order valence-corrected chi connectivity index (χ0v) is 28.4. The molecule has 1 aliphatic heterocycles. The normalized spacial score (nSPS) is 19.3. The molecule has 4 N–H and O–H groups in total. The lowest BCUT2D eigenvalue weighted by Gasteiger charge is -2.37. The van der Waals surface area contributed by atoms with Gasteiger partial charge in [-0.15, -0.1) is 11.3 Å². The van der Waals surface area contributed by atoms with Gasteiger partial charge in [0.25, 0.3) is 16.0 Å². The van der Waals surface area contributed by atoms with Crippen LogP contribution in [0.3, 0.4) is 0 Å². The smallest absolute Gasteiger partial charge is 0.314 e. The summed E-state index contributed by atoms with van der Waals surface area (Å²) in [6.07, 6.45) is 3.42. The van der Waals surface area contributed by atoms with Crippen LogP contribution in [0.15, 0.2) is 53.6 Å². The molecule has 17 heteroatoms. The molecule has 3 heterocycles. The SMILES string of the molecule is CN1CCc2nc(C(=O)N[C@@H]3C[C@@H](C(=O)N(C)C)CC[C@@H]3NC(=O)C(=O)Nc3ccc(Cl)cn3)sc2C1.O=S(=O)(O)c1ccccc1. The Kier molecular flexibility index (Phi) is 12.0. The number of likely N-dealkylation sites (N-methyl/N-ethyl adjacent to an activating group) is 1. The number of pyridine rings is 1. The van der Waals surface area contributed by atoms with Gasteiger partial charge in [-0.05, 0) is 50.6 Å². The first kappa shape index (κ1) is 35.9. The van der Waals surface area contributed by atoms with E-state index in [1.54, 1.807) is 38.4 Å². The summed E-state index contributed by atoms with van der Waals surface area (Å²) >= 11 is 7.17. The predicted octanol–water partition coefficient (Wildman–Crippen LogP) is 2.22. The van der Waals surface area contributed by atoms with E-state index in [1.165, 1.54) is 40.6 Å². The maximum Gasteiger partial charge on any atom is 0.314 e. The van der Waals surface area contributed by atoms with E-state index < -0.39 is 34.0 Å². The van der Waals surface area contributed by atoms with Crippen LogP contribution in [0.5, 0.6) is 0 Å². The van der Waals surface area contributed by atoms with Crippen molar-refractivity contribution in [2.75, 3.05) is 33.0 Å². The maximum absolute atomic E-state index is 13.2. The first-order chi connectivity index (χ1) is 22.2. The van der Waals surface area contributed by atoms with E-state index in [4.69, 9.17) is 16.2 Å². The number of nitrogens with one attached hydrogen (secondary N) is 3. The largest absolute Gasteiger partial charge is 0.349 e. The Morgan fingerprint density at radius 3 is 2.36 bits per heavy atom. The van der Waals surface area contributed by atoms with Gasteiger partial charge in [0.2, 0.25) is 5.91 Å². The van der Waals surface area contributed by atoms with Crippen molar-refractivity contribution in [3.05, 3.63) is 69.3 Å². The average Bonchev–Trinajstić information content (AvgIpc) is 3.46. The highest BCUT2D eigenvalue weighted by Gasteiger charge is 2.37. The summed E-state index contributed by atoms with van der Waals surface area (Å²) in [5.74, 6) is -2.25. The van der Waals surface area contributed by atoms with Crippen molar-refractivity contribution < 1.29 is 32.1 Å². The second-order valence-electron chi connectivity index (χ2n) is 11.4. The Morgan fingerprint density at radius 1 is 1.02 bits per heavy atom. The van der Waals surface area contributed by atoms with Crippen LogP contribution >= 0.6 is 22.9 Å². The lowest BCUT2D eigenvalue weighted by atomic mass is 9.81. The molecule has 1 saturated carbocycles. The number of carbonyl (C=O) groups is 4. The summed E-state index contributed by atoms with van der Waals surface area (Å²) in [6.45, 7) is 1.63. The topological polar surface area (TPSA) is 191 Å². The molecule has 252 valence electrons. The van der Waals surface area contributed by atoms with Gasteiger partial charge in [0.1, 0.15) is 5.82 Å². The van der Waals surface area contributed by atoms with Crippen molar-refractivity contribution >= 4 is 62.5 Å². The van der Waals surface area contributed by atoms with E-state index in [1.807, 2.05) is 7.05 Å². The Bertz CT molecular complexity index is 1700. The standard InChI is InChI=1S/C24H30ClN7O4S.C6H6O3S/c1-31(2)24(36)13-4-6-15(27-20(33)21(34)30-19-7-5-14(25)11-26-19)17(10-13)28-22(35)23-29-16-8-9-32(3)12-18(16)37-23;7-10(8,9)6-4-2-1-3-5-6/h5,7,11,13,15,17H,4,6,8-10,12H2,1-3H3,(H,27,33)(H,28,35)(H,26,30,34);1-5H,(H,7,8,9)/t13-,15-,17+;/m0./s1. The number of carbonyl (C=O) groups excluding carboxylic acids is 4. The number of nitrogens with zero attached hydrogens (tertiary/aromatic N) is 4. The number of benzene rings is 1. The molecule has 14 nitrogen and oxygen atoms in total. The Balaban J connectivity index is 0.000000427. The molecule has 0 saturated heterocycles. The third kappa shape index (κ3) is 10.0. The van der Waals surface area contributed by atoms with Crippen molar-refractivity contribution in [3.63, 3.8) is 0 Å². The zero-order chi connectivity index (χ0) is 34.3. The van der Waals surface area contributed by atoms with Gasteiger partial charge >= 0.3 is 11.8 Å². The molecule has 1 aliphatic carbocycles. The number of rotatable bonds is 6. The quantitative estimate of drug-likeness (QED) is 0.219. The monoisotopic (exact) mass is 705 g/mol. The van der Waals surface area contributed by atoms with E-state index in [2.05, 4.69) is 30.8 Å². The fourth-order valence-electron chi connectivity index (χ4n) is 5.19. The van der Waals surface area contributed by atoms with Crippen molar-refractivity contribution in [1.82, 2.24) is 30.4 Å². The molecular weight excluding hydrogens is 670 g/mol. The lowest BCUT2D eigenvalue weighted by molar-refractivity contribution is -0.137. The molecular formula is C30H36ClN7O7S2. The fraction of sp³-hybridized carbons (Fsp3) is 0.400. The van der Waals surface area contributed by atoms with Crippen LogP contribution in [0, 0.1) is 5.92 Å². The number of fused-ring (bicyclic) bond motifs is 1. The lowest BCUT2D eigenvalue weighted by Crippen LogP contribution is -2.57. The Labute approximate surface area is 281 Å². The summed E-state index contributed by atoms with van der Waals surface area (Å²) in [4.78, 5) is 64.2. The highest BCUT2D eigenvalue weighted by atomic mass is 35.5. The van der Waals surface area contributed by atoms with Crippen molar-refractivity contribution in [3.8, 4) is 0 Å².